The van der Waals surface area contributed by atoms with Crippen molar-refractivity contribution in [1.29, 1.82) is 0 Å². The van der Waals surface area contributed by atoms with Crippen LogP contribution in [0.1, 0.15) is 31.7 Å². The smallest absolute Gasteiger partial charge is 0.268 e. The Labute approximate surface area is 129 Å². The molecular formula is C13H19N5O3S. The Balaban J connectivity index is 2.17. The maximum Gasteiger partial charge on any atom is 0.268 e. The summed E-state index contributed by atoms with van der Waals surface area (Å²) in [5.74, 6) is 0.956. The summed E-state index contributed by atoms with van der Waals surface area (Å²) in [6.07, 6.45) is 0.947. The van der Waals surface area contributed by atoms with Gasteiger partial charge in [0, 0.05) is 6.04 Å². The molecule has 2 heterocycles. The molecule has 0 amide bonds. The third-order valence-electron chi connectivity index (χ3n) is 3.15. The summed E-state index contributed by atoms with van der Waals surface area (Å²) >= 11 is 0. The van der Waals surface area contributed by atoms with Crippen molar-refractivity contribution in [1.82, 2.24) is 15.4 Å². The van der Waals surface area contributed by atoms with Crippen molar-refractivity contribution in [2.75, 3.05) is 10.0 Å². The Hall–Kier alpha value is -2.16. The first-order chi connectivity index (χ1) is 10.3. The maximum atomic E-state index is 12.3. The second kappa shape index (κ2) is 6.30. The van der Waals surface area contributed by atoms with Crippen molar-refractivity contribution in [2.45, 2.75) is 45.1 Å². The molecule has 2 aromatic rings. The lowest BCUT2D eigenvalue weighted by atomic mass is 10.2. The van der Waals surface area contributed by atoms with Gasteiger partial charge in [0.05, 0.1) is 0 Å². The van der Waals surface area contributed by atoms with Gasteiger partial charge in [0.25, 0.3) is 10.0 Å². The van der Waals surface area contributed by atoms with Crippen molar-refractivity contribution in [2.24, 2.45) is 0 Å². The quantitative estimate of drug-likeness (QED) is 0.836. The van der Waals surface area contributed by atoms with Gasteiger partial charge in [-0.25, -0.2) is 8.42 Å². The largest absolute Gasteiger partial charge is 0.366 e. The van der Waals surface area contributed by atoms with E-state index in [0.717, 1.165) is 6.42 Å². The molecule has 2 rings (SSSR count). The third kappa shape index (κ3) is 3.53. The fourth-order valence-electron chi connectivity index (χ4n) is 1.87. The van der Waals surface area contributed by atoms with Crippen LogP contribution in [0.4, 0.5) is 11.6 Å². The van der Waals surface area contributed by atoms with Gasteiger partial charge in [-0.2, -0.15) is 0 Å². The molecule has 1 atom stereocenters. The van der Waals surface area contributed by atoms with E-state index in [4.69, 9.17) is 4.52 Å². The zero-order valence-corrected chi connectivity index (χ0v) is 13.7. The molecule has 0 aromatic carbocycles. The number of aromatic nitrogens is 3. The highest BCUT2D eigenvalue weighted by molar-refractivity contribution is 7.92. The molecular weight excluding hydrogens is 306 g/mol. The van der Waals surface area contributed by atoms with Gasteiger partial charge in [0.2, 0.25) is 0 Å². The first-order valence-electron chi connectivity index (χ1n) is 6.89. The average molecular weight is 325 g/mol. The van der Waals surface area contributed by atoms with E-state index < -0.39 is 10.0 Å². The van der Waals surface area contributed by atoms with Crippen LogP contribution < -0.4 is 10.0 Å². The molecule has 0 bridgehead atoms. The molecule has 2 N–H and O–H groups in total. The number of aryl methyl sites for hydroxylation is 2. The molecule has 120 valence electrons. The molecule has 0 aliphatic carbocycles. The molecule has 0 radical (unpaired) electrons. The van der Waals surface area contributed by atoms with E-state index in [2.05, 4.69) is 32.3 Å². The fraction of sp³-hybridized carbons (Fsp3) is 0.462. The highest BCUT2D eigenvalue weighted by Crippen LogP contribution is 2.21. The molecule has 0 aliphatic rings. The van der Waals surface area contributed by atoms with Gasteiger partial charge in [-0.1, -0.05) is 12.1 Å². The summed E-state index contributed by atoms with van der Waals surface area (Å²) in [6.45, 7) is 7.18. The van der Waals surface area contributed by atoms with Crippen LogP contribution in [0.3, 0.4) is 0 Å². The van der Waals surface area contributed by atoms with Gasteiger partial charge in [-0.05, 0) is 39.3 Å². The molecule has 9 heteroatoms. The van der Waals surface area contributed by atoms with Crippen molar-refractivity contribution in [3.05, 3.63) is 23.6 Å². The van der Waals surface area contributed by atoms with E-state index in [0.29, 0.717) is 11.5 Å². The van der Waals surface area contributed by atoms with E-state index in [1.54, 1.807) is 26.0 Å². The zero-order chi connectivity index (χ0) is 16.3. The Kier molecular flexibility index (Phi) is 4.65. The van der Waals surface area contributed by atoms with Crippen LogP contribution in [0.2, 0.25) is 0 Å². The molecule has 22 heavy (non-hydrogen) atoms. The maximum absolute atomic E-state index is 12.3. The highest BCUT2D eigenvalue weighted by atomic mass is 32.2. The number of hydrogen-bond acceptors (Lipinski definition) is 7. The van der Waals surface area contributed by atoms with Crippen LogP contribution in [0.5, 0.6) is 0 Å². The third-order valence-corrected chi connectivity index (χ3v) is 4.74. The highest BCUT2D eigenvalue weighted by Gasteiger charge is 2.24. The summed E-state index contributed by atoms with van der Waals surface area (Å²) in [6, 6.07) is 3.48. The first-order valence-corrected chi connectivity index (χ1v) is 8.37. The molecule has 0 spiro atoms. The summed E-state index contributed by atoms with van der Waals surface area (Å²) in [4.78, 5) is 0.0242. The first kappa shape index (κ1) is 16.2. The lowest BCUT2D eigenvalue weighted by molar-refractivity contribution is 0.390. The van der Waals surface area contributed by atoms with Gasteiger partial charge >= 0.3 is 0 Å². The van der Waals surface area contributed by atoms with Crippen LogP contribution in [-0.2, 0) is 10.0 Å². The Morgan fingerprint density at radius 3 is 2.36 bits per heavy atom. The SMILES string of the molecule is CCC(C)Nc1ccc(NS(=O)(=O)c2c(C)noc2C)nn1. The molecule has 0 fully saturated rings. The van der Waals surface area contributed by atoms with Crippen LogP contribution >= 0.6 is 0 Å². The predicted molar refractivity (Wildman–Crippen MR) is 82.2 cm³/mol. The standard InChI is InChI=1S/C13H19N5O3S/c1-5-8(2)14-11-6-7-12(16-15-11)18-22(19,20)13-9(3)17-21-10(13)4/h6-8H,5H2,1-4H3,(H,14,15)(H,16,18). The summed E-state index contributed by atoms with van der Waals surface area (Å²) < 4.78 is 31.9. The number of nitrogens with zero attached hydrogens (tertiary/aromatic N) is 3. The van der Waals surface area contributed by atoms with Crippen molar-refractivity contribution in [3.63, 3.8) is 0 Å². The minimum Gasteiger partial charge on any atom is -0.366 e. The van der Waals surface area contributed by atoms with Gasteiger partial charge in [0.1, 0.15) is 11.5 Å². The Morgan fingerprint density at radius 2 is 1.86 bits per heavy atom. The van der Waals surface area contributed by atoms with E-state index in [1.807, 2.05) is 6.92 Å². The Bertz CT molecular complexity index is 720. The van der Waals surface area contributed by atoms with E-state index >= 15 is 0 Å². The molecule has 1 unspecified atom stereocenters. The summed E-state index contributed by atoms with van der Waals surface area (Å²) in [5.41, 5.74) is 0.299. The molecule has 0 saturated carbocycles. The minimum atomic E-state index is -3.80. The van der Waals surface area contributed by atoms with Crippen molar-refractivity contribution < 1.29 is 12.9 Å². The van der Waals surface area contributed by atoms with Crippen LogP contribution in [-0.4, -0.2) is 29.8 Å². The second-order valence-corrected chi connectivity index (χ2v) is 6.64. The topological polar surface area (TPSA) is 110 Å². The van der Waals surface area contributed by atoms with Gasteiger partial charge in [-0.15, -0.1) is 10.2 Å². The van der Waals surface area contributed by atoms with Crippen LogP contribution in [0.25, 0.3) is 0 Å². The summed E-state index contributed by atoms with van der Waals surface area (Å²) in [7, 11) is -3.80. The molecule has 0 aliphatic heterocycles. The van der Waals surface area contributed by atoms with Crippen molar-refractivity contribution in [3.8, 4) is 0 Å². The van der Waals surface area contributed by atoms with E-state index in [9.17, 15) is 8.42 Å². The second-order valence-electron chi connectivity index (χ2n) is 5.02. The van der Waals surface area contributed by atoms with E-state index in [-0.39, 0.29) is 22.5 Å². The van der Waals surface area contributed by atoms with Gasteiger partial charge in [0.15, 0.2) is 16.5 Å². The van der Waals surface area contributed by atoms with Gasteiger partial charge in [-0.3, -0.25) is 4.72 Å². The fourth-order valence-corrected chi connectivity index (χ4v) is 3.19. The van der Waals surface area contributed by atoms with E-state index in [1.165, 1.54) is 0 Å². The monoisotopic (exact) mass is 325 g/mol. The molecule has 8 nitrogen and oxygen atoms in total. The van der Waals surface area contributed by atoms with Crippen LogP contribution in [0.15, 0.2) is 21.6 Å². The number of anilines is 2. The number of sulfonamides is 1. The minimum absolute atomic E-state index is 0.0242. The lowest BCUT2D eigenvalue weighted by Gasteiger charge is -2.11. The van der Waals surface area contributed by atoms with Gasteiger partial charge < -0.3 is 9.84 Å². The van der Waals surface area contributed by atoms with Crippen LogP contribution in [0, 0.1) is 13.8 Å². The Morgan fingerprint density at radius 1 is 1.23 bits per heavy atom. The summed E-state index contributed by atoms with van der Waals surface area (Å²) in [5, 5.41) is 14.6. The lowest BCUT2D eigenvalue weighted by Crippen LogP contribution is -2.17. The molecule has 2 aromatic heterocycles. The molecule has 0 saturated heterocycles. The number of rotatable bonds is 6. The number of nitrogens with one attached hydrogen (secondary N) is 2. The number of hydrogen-bond donors (Lipinski definition) is 2. The predicted octanol–water partition coefficient (Wildman–Crippen LogP) is 2.09. The average Bonchev–Trinajstić information content (AvgIpc) is 2.80. The zero-order valence-electron chi connectivity index (χ0n) is 12.9. The van der Waals surface area contributed by atoms with Crippen molar-refractivity contribution >= 4 is 21.7 Å². The normalized spacial score (nSPS) is 12.9.